The predicted octanol–water partition coefficient (Wildman–Crippen LogP) is 4.05. The van der Waals surface area contributed by atoms with Crippen LogP contribution in [0, 0.1) is 0 Å². The second-order valence-corrected chi connectivity index (χ2v) is 8.04. The van der Waals surface area contributed by atoms with Gasteiger partial charge in [-0.2, -0.15) is 0 Å². The van der Waals surface area contributed by atoms with E-state index in [4.69, 9.17) is 5.11 Å². The SMILES string of the molecule is CC(CN[C@H](c1ccccc1)[C@@H]1CNc2cccnc2N1)c1cccc(CC(=O)O)c1. The molecule has 2 aromatic carbocycles. The van der Waals surface area contributed by atoms with Gasteiger partial charge < -0.3 is 21.1 Å². The normalized spacial score (nSPS) is 17.0. The summed E-state index contributed by atoms with van der Waals surface area (Å²) in [4.78, 5) is 15.5. The Hall–Kier alpha value is -3.38. The summed E-state index contributed by atoms with van der Waals surface area (Å²) in [6.07, 6.45) is 1.84. The zero-order valence-electron chi connectivity index (χ0n) is 17.6. The molecule has 160 valence electrons. The van der Waals surface area contributed by atoms with E-state index in [0.717, 1.165) is 35.7 Å². The Morgan fingerprint density at radius 1 is 1.13 bits per heavy atom. The number of nitrogens with one attached hydrogen (secondary N) is 3. The molecule has 0 radical (unpaired) electrons. The topological polar surface area (TPSA) is 86.3 Å². The average molecular weight is 417 g/mol. The van der Waals surface area contributed by atoms with Crippen molar-refractivity contribution < 1.29 is 9.90 Å². The number of carboxylic acids is 1. The number of hydrogen-bond acceptors (Lipinski definition) is 5. The van der Waals surface area contributed by atoms with Gasteiger partial charge in [0.1, 0.15) is 5.82 Å². The highest BCUT2D eigenvalue weighted by Crippen LogP contribution is 2.29. The standard InChI is InChI=1S/C25H28N4O2/c1-17(20-10-5-7-18(13-20)14-23(30)31)15-28-24(19-8-3-2-4-9-19)22-16-27-21-11-6-12-26-25(21)29-22/h2-13,17,22,24,27-28H,14-16H2,1H3,(H,26,29)(H,30,31)/t17?,22-,24+/m0/s1. The van der Waals surface area contributed by atoms with Crippen molar-refractivity contribution in [3.63, 3.8) is 0 Å². The van der Waals surface area contributed by atoms with Crippen molar-refractivity contribution in [3.8, 4) is 0 Å². The lowest BCUT2D eigenvalue weighted by Gasteiger charge is -2.35. The molecular formula is C25H28N4O2. The molecule has 0 aliphatic carbocycles. The lowest BCUT2D eigenvalue weighted by atomic mass is 9.94. The van der Waals surface area contributed by atoms with E-state index in [1.165, 1.54) is 5.56 Å². The van der Waals surface area contributed by atoms with Gasteiger partial charge in [0, 0.05) is 19.3 Å². The van der Waals surface area contributed by atoms with Gasteiger partial charge in [0.25, 0.3) is 0 Å². The quantitative estimate of drug-likeness (QED) is 0.443. The summed E-state index contributed by atoms with van der Waals surface area (Å²) in [6.45, 7) is 3.72. The summed E-state index contributed by atoms with van der Waals surface area (Å²) < 4.78 is 0. The smallest absolute Gasteiger partial charge is 0.307 e. The molecule has 4 N–H and O–H groups in total. The van der Waals surface area contributed by atoms with E-state index in [-0.39, 0.29) is 24.4 Å². The first-order valence-electron chi connectivity index (χ1n) is 10.6. The summed E-state index contributed by atoms with van der Waals surface area (Å²) in [7, 11) is 0. The molecule has 0 spiro atoms. The van der Waals surface area contributed by atoms with E-state index in [0.29, 0.717) is 0 Å². The maximum atomic E-state index is 11.1. The number of benzene rings is 2. The van der Waals surface area contributed by atoms with E-state index < -0.39 is 5.97 Å². The molecule has 6 heteroatoms. The van der Waals surface area contributed by atoms with Gasteiger partial charge in [-0.25, -0.2) is 4.98 Å². The molecule has 6 nitrogen and oxygen atoms in total. The summed E-state index contributed by atoms with van der Waals surface area (Å²) >= 11 is 0. The highest BCUT2D eigenvalue weighted by molar-refractivity contribution is 5.70. The van der Waals surface area contributed by atoms with E-state index in [9.17, 15) is 4.79 Å². The van der Waals surface area contributed by atoms with E-state index in [1.807, 2.05) is 36.4 Å². The Morgan fingerprint density at radius 3 is 2.74 bits per heavy atom. The monoisotopic (exact) mass is 416 g/mol. The fourth-order valence-electron chi connectivity index (χ4n) is 4.07. The number of aromatic nitrogens is 1. The summed E-state index contributed by atoms with van der Waals surface area (Å²) in [6, 6.07) is 22.5. The van der Waals surface area contributed by atoms with Crippen LogP contribution in [0.3, 0.4) is 0 Å². The van der Waals surface area contributed by atoms with Gasteiger partial charge in [-0.05, 0) is 34.7 Å². The molecule has 3 atom stereocenters. The number of nitrogens with zero attached hydrogens (tertiary/aromatic N) is 1. The molecule has 3 aromatic rings. The van der Waals surface area contributed by atoms with Crippen molar-refractivity contribution in [2.75, 3.05) is 23.7 Å². The molecule has 0 bridgehead atoms. The fraction of sp³-hybridized carbons (Fsp3) is 0.280. The summed E-state index contributed by atoms with van der Waals surface area (Å²) in [5.41, 5.74) is 4.21. The molecule has 2 heterocycles. The largest absolute Gasteiger partial charge is 0.481 e. The molecule has 1 aromatic heterocycles. The molecular weight excluding hydrogens is 388 g/mol. The third-order valence-corrected chi connectivity index (χ3v) is 5.72. The molecule has 1 aliphatic rings. The number of hydrogen-bond donors (Lipinski definition) is 4. The number of rotatable bonds is 8. The van der Waals surface area contributed by atoms with Gasteiger partial charge in [-0.3, -0.25) is 4.79 Å². The first-order valence-corrected chi connectivity index (χ1v) is 10.6. The van der Waals surface area contributed by atoms with Gasteiger partial charge in [0.05, 0.1) is 24.2 Å². The van der Waals surface area contributed by atoms with Crippen molar-refractivity contribution in [2.45, 2.75) is 31.3 Å². The number of carboxylic acid groups (broad SMARTS) is 1. The lowest BCUT2D eigenvalue weighted by molar-refractivity contribution is -0.136. The van der Waals surface area contributed by atoms with Gasteiger partial charge in [-0.1, -0.05) is 61.5 Å². The summed E-state index contributed by atoms with van der Waals surface area (Å²) in [5.74, 6) is 0.301. The minimum atomic E-state index is -0.808. The number of anilines is 2. The van der Waals surface area contributed by atoms with Crippen LogP contribution < -0.4 is 16.0 Å². The maximum absolute atomic E-state index is 11.1. The van der Waals surface area contributed by atoms with Crippen LogP contribution in [-0.4, -0.2) is 35.2 Å². The Labute approximate surface area is 182 Å². The number of fused-ring (bicyclic) bond motifs is 1. The molecule has 31 heavy (non-hydrogen) atoms. The van der Waals surface area contributed by atoms with Crippen LogP contribution >= 0.6 is 0 Å². The average Bonchev–Trinajstić information content (AvgIpc) is 2.79. The van der Waals surface area contributed by atoms with Gasteiger partial charge in [0.2, 0.25) is 0 Å². The van der Waals surface area contributed by atoms with Crippen molar-refractivity contribution >= 4 is 17.5 Å². The Balaban J connectivity index is 1.49. The fourth-order valence-corrected chi connectivity index (χ4v) is 4.07. The van der Waals surface area contributed by atoms with Crippen LogP contribution in [0.1, 0.15) is 35.6 Å². The second-order valence-electron chi connectivity index (χ2n) is 8.04. The highest BCUT2D eigenvalue weighted by atomic mass is 16.4. The predicted molar refractivity (Wildman–Crippen MR) is 124 cm³/mol. The third-order valence-electron chi connectivity index (χ3n) is 5.72. The first-order chi connectivity index (χ1) is 15.1. The van der Waals surface area contributed by atoms with Crippen molar-refractivity contribution in [1.29, 1.82) is 0 Å². The molecule has 0 fully saturated rings. The molecule has 1 unspecified atom stereocenters. The van der Waals surface area contributed by atoms with E-state index in [1.54, 1.807) is 6.20 Å². The first kappa shape index (κ1) is 20.9. The minimum absolute atomic E-state index is 0.0463. The summed E-state index contributed by atoms with van der Waals surface area (Å²) in [5, 5.41) is 19.9. The number of carbonyl (C=O) groups is 1. The van der Waals surface area contributed by atoms with Crippen LogP contribution in [-0.2, 0) is 11.2 Å². The van der Waals surface area contributed by atoms with Crippen LogP contribution in [0.15, 0.2) is 72.9 Å². The van der Waals surface area contributed by atoms with Crippen molar-refractivity contribution in [1.82, 2.24) is 10.3 Å². The zero-order chi connectivity index (χ0) is 21.6. The van der Waals surface area contributed by atoms with E-state index in [2.05, 4.69) is 58.2 Å². The molecule has 0 saturated heterocycles. The Morgan fingerprint density at radius 2 is 1.94 bits per heavy atom. The zero-order valence-corrected chi connectivity index (χ0v) is 17.6. The maximum Gasteiger partial charge on any atom is 0.307 e. The highest BCUT2D eigenvalue weighted by Gasteiger charge is 2.27. The van der Waals surface area contributed by atoms with E-state index >= 15 is 0 Å². The van der Waals surface area contributed by atoms with Gasteiger partial charge in [0.15, 0.2) is 0 Å². The Bertz CT molecular complexity index is 1020. The van der Waals surface area contributed by atoms with Crippen LogP contribution in [0.5, 0.6) is 0 Å². The minimum Gasteiger partial charge on any atom is -0.481 e. The van der Waals surface area contributed by atoms with Gasteiger partial charge in [-0.15, -0.1) is 0 Å². The molecule has 0 saturated carbocycles. The second kappa shape index (κ2) is 9.62. The van der Waals surface area contributed by atoms with Crippen LogP contribution in [0.25, 0.3) is 0 Å². The van der Waals surface area contributed by atoms with Gasteiger partial charge >= 0.3 is 5.97 Å². The lowest BCUT2D eigenvalue weighted by Crippen LogP contribution is -2.45. The number of aliphatic carboxylic acids is 1. The molecule has 1 aliphatic heterocycles. The third kappa shape index (κ3) is 5.22. The number of pyridine rings is 1. The van der Waals surface area contributed by atoms with Crippen molar-refractivity contribution in [3.05, 3.63) is 89.6 Å². The Kier molecular flexibility index (Phi) is 6.48. The van der Waals surface area contributed by atoms with Crippen LogP contribution in [0.2, 0.25) is 0 Å². The molecule has 0 amide bonds. The molecule has 4 rings (SSSR count). The van der Waals surface area contributed by atoms with Crippen molar-refractivity contribution in [2.24, 2.45) is 0 Å². The van der Waals surface area contributed by atoms with Crippen LogP contribution in [0.4, 0.5) is 11.5 Å².